The molecule has 2 atom stereocenters. The van der Waals surface area contributed by atoms with E-state index in [2.05, 4.69) is 9.47 Å². The Bertz CT molecular complexity index is 532. The molecule has 1 heterocycles. The molecule has 2 amide bonds. The summed E-state index contributed by atoms with van der Waals surface area (Å²) in [5.41, 5.74) is -2.75. The van der Waals surface area contributed by atoms with Gasteiger partial charge in [-0.15, -0.1) is 0 Å². The van der Waals surface area contributed by atoms with E-state index in [1.54, 1.807) is 0 Å². The Balaban J connectivity index is 2.67. The van der Waals surface area contributed by atoms with E-state index in [-0.39, 0.29) is 6.42 Å². The van der Waals surface area contributed by atoms with Crippen LogP contribution in [-0.4, -0.2) is 47.7 Å². The number of nitrogens with zero attached hydrogens (tertiary/aromatic N) is 1. The van der Waals surface area contributed by atoms with Crippen LogP contribution in [0.2, 0.25) is 0 Å². The highest BCUT2D eigenvalue weighted by Gasteiger charge is 2.57. The highest BCUT2D eigenvalue weighted by molar-refractivity contribution is 6.01. The summed E-state index contributed by atoms with van der Waals surface area (Å²) in [4.78, 5) is 46.0. The topological polar surface area (TPSA) is 90.0 Å². The van der Waals surface area contributed by atoms with Crippen molar-refractivity contribution in [2.75, 3.05) is 6.61 Å². The number of alkyl halides is 3. The lowest BCUT2D eigenvalue weighted by molar-refractivity contribution is -0.231. The molecule has 0 aromatic rings. The lowest BCUT2D eigenvalue weighted by atomic mass is 9.87. The fourth-order valence-corrected chi connectivity index (χ4v) is 1.79. The molecule has 0 saturated carbocycles. The van der Waals surface area contributed by atoms with Gasteiger partial charge in [0.15, 0.2) is 18.2 Å². The predicted molar refractivity (Wildman–Crippen MR) is 67.4 cm³/mol. The average Bonchev–Trinajstić information content (AvgIpc) is 2.41. The summed E-state index contributed by atoms with van der Waals surface area (Å²) in [5, 5.41) is 0. The molecule has 1 saturated heterocycles. The number of β-lactam (4-membered cyclic amide) rings is 1. The van der Waals surface area contributed by atoms with Crippen molar-refractivity contribution in [1.82, 2.24) is 4.90 Å². The van der Waals surface area contributed by atoms with Gasteiger partial charge < -0.3 is 9.47 Å². The van der Waals surface area contributed by atoms with E-state index in [1.165, 1.54) is 0 Å². The normalized spacial score (nSPS) is 20.3. The number of rotatable bonds is 5. The van der Waals surface area contributed by atoms with Gasteiger partial charge in [0.05, 0.1) is 6.42 Å². The first-order valence-electron chi connectivity index (χ1n) is 6.70. The molecule has 0 bridgehead atoms. The number of hydrogen-bond donors (Lipinski definition) is 0. The van der Waals surface area contributed by atoms with Gasteiger partial charge in [0.1, 0.15) is 0 Å². The van der Waals surface area contributed by atoms with Gasteiger partial charge in [0, 0.05) is 6.92 Å². The smallest absolute Gasteiger partial charge is 0.404 e. The quantitative estimate of drug-likeness (QED) is 0.551. The van der Waals surface area contributed by atoms with Crippen molar-refractivity contribution < 1.29 is 41.8 Å². The van der Waals surface area contributed by atoms with Gasteiger partial charge in [-0.05, 0) is 13.3 Å². The minimum absolute atomic E-state index is 0.214. The van der Waals surface area contributed by atoms with Crippen LogP contribution in [0.25, 0.3) is 0 Å². The summed E-state index contributed by atoms with van der Waals surface area (Å²) < 4.78 is 47.7. The molecule has 1 fully saturated rings. The zero-order valence-corrected chi connectivity index (χ0v) is 12.7. The number of imide groups is 1. The van der Waals surface area contributed by atoms with Crippen LogP contribution in [0.4, 0.5) is 13.2 Å². The van der Waals surface area contributed by atoms with Crippen LogP contribution >= 0.6 is 0 Å². The molecule has 7 nitrogen and oxygen atoms in total. The second kappa shape index (κ2) is 6.55. The fourth-order valence-electron chi connectivity index (χ4n) is 1.79. The first-order chi connectivity index (χ1) is 10.4. The van der Waals surface area contributed by atoms with E-state index < -0.39 is 54.6 Å². The van der Waals surface area contributed by atoms with Crippen molar-refractivity contribution in [3.63, 3.8) is 0 Å². The Morgan fingerprint density at radius 2 is 1.87 bits per heavy atom. The molecule has 0 N–H and O–H groups in total. The second-order valence-electron chi connectivity index (χ2n) is 5.19. The molecule has 0 aliphatic carbocycles. The zero-order chi connectivity index (χ0) is 18.0. The summed E-state index contributed by atoms with van der Waals surface area (Å²) in [7, 11) is 0. The van der Waals surface area contributed by atoms with Crippen LogP contribution < -0.4 is 0 Å². The number of likely N-dealkylation sites (tertiary alicyclic amines) is 1. The molecular formula is C13H16F3NO6. The van der Waals surface area contributed by atoms with E-state index in [0.29, 0.717) is 11.8 Å². The molecule has 1 aliphatic rings. The number of halogens is 3. The van der Waals surface area contributed by atoms with Crippen LogP contribution in [0.1, 0.15) is 33.6 Å². The van der Waals surface area contributed by atoms with Crippen LogP contribution in [0.5, 0.6) is 0 Å². The first-order valence-corrected chi connectivity index (χ1v) is 6.70. The van der Waals surface area contributed by atoms with E-state index in [4.69, 9.17) is 0 Å². The number of esters is 2. The lowest BCUT2D eigenvalue weighted by Gasteiger charge is -2.37. The van der Waals surface area contributed by atoms with Crippen molar-refractivity contribution in [3.05, 3.63) is 0 Å². The van der Waals surface area contributed by atoms with E-state index >= 15 is 0 Å². The molecule has 1 aliphatic heterocycles. The van der Waals surface area contributed by atoms with Crippen LogP contribution in [0.3, 0.4) is 0 Å². The Morgan fingerprint density at radius 3 is 2.26 bits per heavy atom. The Labute approximate surface area is 129 Å². The monoisotopic (exact) mass is 339 g/mol. The van der Waals surface area contributed by atoms with Gasteiger partial charge in [-0.2, -0.15) is 13.2 Å². The van der Waals surface area contributed by atoms with Gasteiger partial charge in [-0.1, -0.05) is 6.92 Å². The minimum Gasteiger partial charge on any atom is -0.455 e. The number of carbonyl (C=O) groups is 4. The Morgan fingerprint density at radius 1 is 1.30 bits per heavy atom. The molecular weight excluding hydrogens is 323 g/mol. The van der Waals surface area contributed by atoms with Gasteiger partial charge >= 0.3 is 18.1 Å². The molecule has 23 heavy (non-hydrogen) atoms. The SMILES string of the molecule is CCC(C)(C(=O)OCC(=O)N1C(=O)CC1OC(C)=O)C(F)(F)F. The summed E-state index contributed by atoms with van der Waals surface area (Å²) in [6.07, 6.45) is -6.74. The Kier molecular flexibility index (Phi) is 5.39. The molecule has 0 radical (unpaired) electrons. The van der Waals surface area contributed by atoms with E-state index in [0.717, 1.165) is 13.8 Å². The average molecular weight is 339 g/mol. The maximum absolute atomic E-state index is 12.9. The Hall–Kier alpha value is -2.13. The van der Waals surface area contributed by atoms with Crippen molar-refractivity contribution in [1.29, 1.82) is 0 Å². The number of amides is 2. The molecule has 0 aromatic carbocycles. The van der Waals surface area contributed by atoms with E-state index in [1.807, 2.05) is 0 Å². The summed E-state index contributed by atoms with van der Waals surface area (Å²) in [6.45, 7) is 1.85. The molecule has 10 heteroatoms. The third-order valence-electron chi connectivity index (χ3n) is 3.59. The van der Waals surface area contributed by atoms with E-state index in [9.17, 15) is 32.3 Å². The van der Waals surface area contributed by atoms with Gasteiger partial charge in [-0.25, -0.2) is 4.90 Å². The first kappa shape index (κ1) is 18.9. The largest absolute Gasteiger partial charge is 0.455 e. The second-order valence-corrected chi connectivity index (χ2v) is 5.19. The maximum atomic E-state index is 12.9. The number of ether oxygens (including phenoxy) is 2. The van der Waals surface area contributed by atoms with Crippen LogP contribution in [-0.2, 0) is 28.7 Å². The number of hydrogen-bond acceptors (Lipinski definition) is 6. The van der Waals surface area contributed by atoms with Crippen molar-refractivity contribution in [2.24, 2.45) is 5.41 Å². The van der Waals surface area contributed by atoms with Crippen LogP contribution in [0.15, 0.2) is 0 Å². The molecule has 0 spiro atoms. The van der Waals surface area contributed by atoms with Crippen LogP contribution in [0, 0.1) is 5.41 Å². The molecule has 130 valence electrons. The third-order valence-corrected chi connectivity index (χ3v) is 3.59. The van der Waals surface area contributed by atoms with Crippen molar-refractivity contribution in [3.8, 4) is 0 Å². The predicted octanol–water partition coefficient (Wildman–Crippen LogP) is 1.16. The molecule has 0 aromatic heterocycles. The summed E-state index contributed by atoms with van der Waals surface area (Å²) >= 11 is 0. The molecule has 1 rings (SSSR count). The van der Waals surface area contributed by atoms with Crippen molar-refractivity contribution in [2.45, 2.75) is 46.0 Å². The fraction of sp³-hybridized carbons (Fsp3) is 0.692. The minimum atomic E-state index is -4.84. The molecule has 2 unspecified atom stereocenters. The highest BCUT2D eigenvalue weighted by atomic mass is 19.4. The number of carbonyl (C=O) groups excluding carboxylic acids is 4. The standard InChI is InChI=1S/C13H16F3NO6/c1-4-12(3,13(14,15)16)11(21)22-6-9(20)17-8(19)5-10(17)23-7(2)18/h10H,4-6H2,1-3H3. The summed E-state index contributed by atoms with van der Waals surface area (Å²) in [5.74, 6) is -4.07. The van der Waals surface area contributed by atoms with Gasteiger partial charge in [0.2, 0.25) is 5.91 Å². The van der Waals surface area contributed by atoms with Crippen molar-refractivity contribution >= 4 is 23.8 Å². The zero-order valence-electron chi connectivity index (χ0n) is 12.7. The lowest BCUT2D eigenvalue weighted by Crippen LogP contribution is -2.58. The maximum Gasteiger partial charge on any atom is 0.404 e. The summed E-state index contributed by atoms with van der Waals surface area (Å²) in [6, 6.07) is 0. The third kappa shape index (κ3) is 3.80. The van der Waals surface area contributed by atoms with Gasteiger partial charge in [-0.3, -0.25) is 19.2 Å². The highest BCUT2D eigenvalue weighted by Crippen LogP contribution is 2.41. The van der Waals surface area contributed by atoms with Gasteiger partial charge in [0.25, 0.3) is 5.91 Å².